The van der Waals surface area contributed by atoms with E-state index < -0.39 is 29.4 Å². The standard InChI is InChI=1S/C29H28FN3O6/c1-13-6-16-17(10-31-26(35)25(34)15-4-5-15)18-11-33-23(24(18)32-22(16)8-21(13)30)7-20-19(27(33)36)12-39-28(37)29(20,38)9-14-2-3-14/h6-8,14-15,25,34,38H,2-5,9-12H2,1H3,(H,31,35)/t25-,29+/m1/s1. The van der Waals surface area contributed by atoms with E-state index in [4.69, 9.17) is 9.72 Å². The molecular formula is C29H28FN3O6. The van der Waals surface area contributed by atoms with Crippen LogP contribution in [0.4, 0.5) is 4.39 Å². The Labute approximate surface area is 222 Å². The molecule has 1 amide bonds. The summed E-state index contributed by atoms with van der Waals surface area (Å²) in [6.45, 7) is 1.64. The molecular weight excluding hydrogens is 505 g/mol. The second-order valence-electron chi connectivity index (χ2n) is 11.4. The molecule has 9 nitrogen and oxygen atoms in total. The monoisotopic (exact) mass is 533 g/mol. The largest absolute Gasteiger partial charge is 0.458 e. The van der Waals surface area contributed by atoms with Crippen LogP contribution in [0.3, 0.4) is 0 Å². The first-order chi connectivity index (χ1) is 18.7. The van der Waals surface area contributed by atoms with Gasteiger partial charge in [-0.15, -0.1) is 0 Å². The summed E-state index contributed by atoms with van der Waals surface area (Å²) in [4.78, 5) is 43.8. The van der Waals surface area contributed by atoms with Gasteiger partial charge in [0.05, 0.1) is 29.0 Å². The van der Waals surface area contributed by atoms with Crippen molar-refractivity contribution in [1.82, 2.24) is 14.9 Å². The van der Waals surface area contributed by atoms with E-state index in [-0.39, 0.29) is 54.6 Å². The lowest BCUT2D eigenvalue weighted by atomic mass is 9.84. The van der Waals surface area contributed by atoms with Crippen molar-refractivity contribution in [2.75, 3.05) is 0 Å². The van der Waals surface area contributed by atoms with Gasteiger partial charge < -0.3 is 24.8 Å². The van der Waals surface area contributed by atoms with Gasteiger partial charge in [-0.25, -0.2) is 14.2 Å². The van der Waals surface area contributed by atoms with Gasteiger partial charge in [0.15, 0.2) is 5.60 Å². The molecule has 0 unspecified atom stereocenters. The average molecular weight is 534 g/mol. The third-order valence-electron chi connectivity index (χ3n) is 8.63. The zero-order valence-corrected chi connectivity index (χ0v) is 21.4. The van der Waals surface area contributed by atoms with Crippen molar-refractivity contribution in [2.24, 2.45) is 11.8 Å². The number of fused-ring (bicyclic) bond motifs is 5. The lowest BCUT2D eigenvalue weighted by molar-refractivity contribution is -0.173. The number of nitrogens with one attached hydrogen (secondary N) is 1. The fourth-order valence-electron chi connectivity index (χ4n) is 6.00. The zero-order chi connectivity index (χ0) is 27.2. The highest BCUT2D eigenvalue weighted by Gasteiger charge is 2.49. The fourth-order valence-corrected chi connectivity index (χ4v) is 6.00. The zero-order valence-electron chi connectivity index (χ0n) is 21.4. The van der Waals surface area contributed by atoms with Crippen LogP contribution in [0.25, 0.3) is 22.3 Å². The highest BCUT2D eigenvalue weighted by molar-refractivity contribution is 5.90. The maximum Gasteiger partial charge on any atom is 0.343 e. The van der Waals surface area contributed by atoms with Gasteiger partial charge in [0.1, 0.15) is 18.5 Å². The van der Waals surface area contributed by atoms with Gasteiger partial charge in [-0.3, -0.25) is 9.59 Å². The molecule has 3 N–H and O–H groups in total. The molecule has 202 valence electrons. The summed E-state index contributed by atoms with van der Waals surface area (Å²) in [6.07, 6.45) is 2.52. The third kappa shape index (κ3) is 3.80. The molecule has 7 rings (SSSR count). The molecule has 10 heteroatoms. The van der Waals surface area contributed by atoms with Gasteiger partial charge >= 0.3 is 5.97 Å². The smallest absolute Gasteiger partial charge is 0.343 e. The van der Waals surface area contributed by atoms with Crippen molar-refractivity contribution >= 4 is 22.8 Å². The summed E-state index contributed by atoms with van der Waals surface area (Å²) >= 11 is 0. The van der Waals surface area contributed by atoms with E-state index in [2.05, 4.69) is 5.32 Å². The van der Waals surface area contributed by atoms with Gasteiger partial charge in [0, 0.05) is 29.1 Å². The lowest BCUT2D eigenvalue weighted by Gasteiger charge is -2.32. The normalized spacial score (nSPS) is 22.2. The molecule has 0 saturated heterocycles. The van der Waals surface area contributed by atoms with E-state index >= 15 is 0 Å². The van der Waals surface area contributed by atoms with Gasteiger partial charge in [-0.2, -0.15) is 0 Å². The number of pyridine rings is 2. The second-order valence-corrected chi connectivity index (χ2v) is 11.4. The Morgan fingerprint density at radius 3 is 2.72 bits per heavy atom. The number of rotatable bonds is 6. The summed E-state index contributed by atoms with van der Waals surface area (Å²) in [7, 11) is 0. The molecule has 2 aliphatic carbocycles. The Bertz CT molecular complexity index is 1660. The number of aromatic nitrogens is 2. The Morgan fingerprint density at radius 2 is 2.00 bits per heavy atom. The molecule has 0 radical (unpaired) electrons. The number of aliphatic hydroxyl groups excluding tert-OH is 1. The van der Waals surface area contributed by atoms with Crippen molar-refractivity contribution in [3.05, 3.63) is 62.2 Å². The minimum atomic E-state index is -1.91. The van der Waals surface area contributed by atoms with Crippen molar-refractivity contribution in [2.45, 2.75) is 70.4 Å². The number of cyclic esters (lactones) is 1. The molecule has 4 aliphatic rings. The van der Waals surface area contributed by atoms with Gasteiger partial charge in [-0.1, -0.05) is 12.8 Å². The van der Waals surface area contributed by atoms with Gasteiger partial charge in [0.2, 0.25) is 5.91 Å². The van der Waals surface area contributed by atoms with Crippen LogP contribution in [0.2, 0.25) is 0 Å². The van der Waals surface area contributed by atoms with Crippen molar-refractivity contribution in [1.29, 1.82) is 0 Å². The molecule has 1 aromatic carbocycles. The number of esters is 1. The first-order valence-electron chi connectivity index (χ1n) is 13.4. The molecule has 39 heavy (non-hydrogen) atoms. The minimum absolute atomic E-state index is 0.0327. The molecule has 4 heterocycles. The average Bonchev–Trinajstić information content (AvgIpc) is 3.84. The maximum atomic E-state index is 14.6. The lowest BCUT2D eigenvalue weighted by Crippen LogP contribution is -2.45. The predicted molar refractivity (Wildman–Crippen MR) is 137 cm³/mol. The maximum absolute atomic E-state index is 14.6. The number of aliphatic hydroxyl groups is 2. The van der Waals surface area contributed by atoms with Crippen LogP contribution in [-0.4, -0.2) is 37.7 Å². The number of hydrogen-bond acceptors (Lipinski definition) is 7. The van der Waals surface area contributed by atoms with Crippen molar-refractivity contribution < 1.29 is 28.9 Å². The molecule has 2 fully saturated rings. The van der Waals surface area contributed by atoms with Crippen LogP contribution in [0.5, 0.6) is 0 Å². The number of aryl methyl sites for hydroxylation is 1. The predicted octanol–water partition coefficient (Wildman–Crippen LogP) is 2.30. The van der Waals surface area contributed by atoms with E-state index in [1.807, 2.05) is 0 Å². The van der Waals surface area contributed by atoms with Crippen LogP contribution in [-0.2, 0) is 39.6 Å². The van der Waals surface area contributed by atoms with E-state index in [1.54, 1.807) is 19.1 Å². The molecule has 2 aliphatic heterocycles. The van der Waals surface area contributed by atoms with E-state index in [9.17, 15) is 29.0 Å². The van der Waals surface area contributed by atoms with E-state index in [0.29, 0.717) is 39.0 Å². The van der Waals surface area contributed by atoms with Crippen LogP contribution in [0, 0.1) is 24.6 Å². The number of amides is 1. The van der Waals surface area contributed by atoms with Crippen LogP contribution >= 0.6 is 0 Å². The molecule has 2 atom stereocenters. The Kier molecular flexibility index (Phi) is 5.28. The van der Waals surface area contributed by atoms with Crippen LogP contribution < -0.4 is 10.9 Å². The van der Waals surface area contributed by atoms with E-state index in [1.165, 1.54) is 10.6 Å². The van der Waals surface area contributed by atoms with Crippen LogP contribution in [0.1, 0.15) is 59.9 Å². The van der Waals surface area contributed by atoms with Gasteiger partial charge in [-0.05, 0) is 61.3 Å². The summed E-state index contributed by atoms with van der Waals surface area (Å²) in [6, 6.07) is 4.65. The minimum Gasteiger partial charge on any atom is -0.458 e. The highest BCUT2D eigenvalue weighted by atomic mass is 19.1. The number of carbonyl (C=O) groups is 2. The molecule has 0 spiro atoms. The summed E-state index contributed by atoms with van der Waals surface area (Å²) in [5.74, 6) is -1.51. The van der Waals surface area contributed by atoms with Crippen molar-refractivity contribution in [3.63, 3.8) is 0 Å². The number of carbonyl (C=O) groups excluding carboxylic acids is 2. The molecule has 0 bridgehead atoms. The van der Waals surface area contributed by atoms with Gasteiger partial charge in [0.25, 0.3) is 5.56 Å². The molecule has 2 aromatic heterocycles. The molecule has 3 aromatic rings. The third-order valence-corrected chi connectivity index (χ3v) is 8.63. The highest BCUT2D eigenvalue weighted by Crippen LogP contribution is 2.45. The first-order valence-corrected chi connectivity index (χ1v) is 13.4. The second kappa shape index (κ2) is 8.43. The van der Waals surface area contributed by atoms with E-state index in [0.717, 1.165) is 25.7 Å². The Hall–Kier alpha value is -3.63. The SMILES string of the molecule is Cc1cc2c(CNC(=O)[C@H](O)C3CC3)c3c(nc2cc1F)-c1cc2c(c(=O)n1C3)COC(=O)[C@]2(O)CC1CC1. The number of hydrogen-bond donors (Lipinski definition) is 3. The summed E-state index contributed by atoms with van der Waals surface area (Å²) < 4.78 is 21.4. The Balaban J connectivity index is 1.38. The number of halogens is 1. The van der Waals surface area contributed by atoms with Crippen LogP contribution in [0.15, 0.2) is 23.0 Å². The van der Waals surface area contributed by atoms with Crippen molar-refractivity contribution in [3.8, 4) is 11.4 Å². The first kappa shape index (κ1) is 24.4. The fraction of sp³-hybridized carbons (Fsp3) is 0.448. The number of ether oxygens (including phenoxy) is 1. The summed E-state index contributed by atoms with van der Waals surface area (Å²) in [5, 5.41) is 25.2. The summed E-state index contributed by atoms with van der Waals surface area (Å²) in [5.41, 5.74) is 1.18. The number of nitrogens with zero attached hydrogens (tertiary/aromatic N) is 2. The molecule has 2 saturated carbocycles. The number of benzene rings is 1. The quantitative estimate of drug-likeness (QED) is 0.324. The Morgan fingerprint density at radius 1 is 1.23 bits per heavy atom. The topological polar surface area (TPSA) is 131 Å².